The minimum atomic E-state index is -2.78. The van der Waals surface area contributed by atoms with Gasteiger partial charge in [-0.2, -0.15) is 20.5 Å². The van der Waals surface area contributed by atoms with Gasteiger partial charge in [-0.05, 0) is 19.9 Å². The maximum atomic E-state index is 12.4. The van der Waals surface area contributed by atoms with Crippen LogP contribution in [0.2, 0.25) is 0 Å². The molecule has 5 heteroatoms. The molecular formula is C13H17F2NOS. The topological polar surface area (TPSA) is 21.3 Å². The van der Waals surface area contributed by atoms with Gasteiger partial charge >= 0.3 is 6.61 Å². The van der Waals surface area contributed by atoms with Crippen molar-refractivity contribution in [1.29, 1.82) is 0 Å². The molecule has 2 rings (SSSR count). The Morgan fingerprint density at radius 3 is 2.78 bits per heavy atom. The summed E-state index contributed by atoms with van der Waals surface area (Å²) in [7, 11) is 0. The molecule has 1 heterocycles. The Morgan fingerprint density at radius 1 is 1.39 bits per heavy atom. The highest BCUT2D eigenvalue weighted by atomic mass is 32.2. The van der Waals surface area contributed by atoms with Gasteiger partial charge in [0.05, 0.1) is 0 Å². The summed E-state index contributed by atoms with van der Waals surface area (Å²) in [6.07, 6.45) is 0. The number of nitrogens with one attached hydrogen (secondary N) is 1. The molecule has 0 radical (unpaired) electrons. The van der Waals surface area contributed by atoms with Gasteiger partial charge in [0.2, 0.25) is 0 Å². The predicted molar refractivity (Wildman–Crippen MR) is 70.4 cm³/mol. The molecule has 0 bridgehead atoms. The van der Waals surface area contributed by atoms with E-state index in [1.54, 1.807) is 12.1 Å². The lowest BCUT2D eigenvalue weighted by molar-refractivity contribution is -0.0507. The minimum absolute atomic E-state index is 0.00548. The van der Waals surface area contributed by atoms with E-state index < -0.39 is 6.61 Å². The van der Waals surface area contributed by atoms with Gasteiger partial charge in [-0.25, -0.2) is 0 Å². The summed E-state index contributed by atoms with van der Waals surface area (Å²) < 4.78 is 29.3. The van der Waals surface area contributed by atoms with Gasteiger partial charge in [-0.3, -0.25) is 0 Å². The highest BCUT2D eigenvalue weighted by molar-refractivity contribution is 7.99. The molecule has 0 aliphatic carbocycles. The highest BCUT2D eigenvalue weighted by Gasteiger charge is 2.30. The lowest BCUT2D eigenvalue weighted by Crippen LogP contribution is -2.48. The van der Waals surface area contributed by atoms with E-state index in [9.17, 15) is 8.78 Å². The number of para-hydroxylation sites is 1. The lowest BCUT2D eigenvalue weighted by Gasteiger charge is -2.37. The van der Waals surface area contributed by atoms with Gasteiger partial charge in [-0.1, -0.05) is 18.2 Å². The summed E-state index contributed by atoms with van der Waals surface area (Å²) in [5.41, 5.74) is 0.809. The number of rotatable bonds is 3. The molecule has 1 aromatic rings. The number of halogens is 2. The lowest BCUT2D eigenvalue weighted by atomic mass is 10.0. The molecule has 1 aromatic carbocycles. The Hall–Kier alpha value is -0.810. The zero-order chi connectivity index (χ0) is 13.2. The first kappa shape index (κ1) is 13.6. The van der Waals surface area contributed by atoms with Crippen molar-refractivity contribution in [3.63, 3.8) is 0 Å². The molecule has 0 spiro atoms. The number of hydrogen-bond donors (Lipinski definition) is 1. The van der Waals surface area contributed by atoms with E-state index in [2.05, 4.69) is 23.9 Å². The molecule has 0 amide bonds. The Balaban J connectivity index is 2.21. The molecule has 1 N–H and O–H groups in total. The Bertz CT molecular complexity index is 412. The van der Waals surface area contributed by atoms with Crippen LogP contribution in [0.1, 0.15) is 25.5 Å². The summed E-state index contributed by atoms with van der Waals surface area (Å²) in [6.45, 7) is 1.45. The Morgan fingerprint density at radius 2 is 2.11 bits per heavy atom. The van der Waals surface area contributed by atoms with E-state index in [4.69, 9.17) is 0 Å². The van der Waals surface area contributed by atoms with Crippen LogP contribution in [0.15, 0.2) is 24.3 Å². The molecule has 1 atom stereocenters. The van der Waals surface area contributed by atoms with Crippen LogP contribution in [-0.4, -0.2) is 23.7 Å². The first-order valence-electron chi connectivity index (χ1n) is 5.87. The quantitative estimate of drug-likeness (QED) is 0.911. The van der Waals surface area contributed by atoms with Crippen LogP contribution in [0.25, 0.3) is 0 Å². The number of ether oxygens (including phenoxy) is 1. The van der Waals surface area contributed by atoms with Crippen molar-refractivity contribution in [2.24, 2.45) is 0 Å². The van der Waals surface area contributed by atoms with Crippen LogP contribution in [-0.2, 0) is 0 Å². The van der Waals surface area contributed by atoms with E-state index in [-0.39, 0.29) is 17.3 Å². The van der Waals surface area contributed by atoms with Crippen molar-refractivity contribution in [2.45, 2.75) is 32.0 Å². The van der Waals surface area contributed by atoms with Gasteiger partial charge in [-0.15, -0.1) is 0 Å². The highest BCUT2D eigenvalue weighted by Crippen LogP contribution is 2.34. The third-order valence-corrected chi connectivity index (χ3v) is 4.32. The van der Waals surface area contributed by atoms with E-state index in [0.717, 1.165) is 17.1 Å². The SMILES string of the molecule is CC1(C)CSCC(c2ccccc2OC(F)F)N1. The summed E-state index contributed by atoms with van der Waals surface area (Å²) >= 11 is 1.83. The average Bonchev–Trinajstić information content (AvgIpc) is 2.27. The fraction of sp³-hybridized carbons (Fsp3) is 0.538. The van der Waals surface area contributed by atoms with Crippen molar-refractivity contribution in [2.75, 3.05) is 11.5 Å². The van der Waals surface area contributed by atoms with E-state index in [1.807, 2.05) is 23.9 Å². The zero-order valence-corrected chi connectivity index (χ0v) is 11.3. The summed E-state index contributed by atoms with van der Waals surface area (Å²) in [5, 5.41) is 3.48. The van der Waals surface area contributed by atoms with Crippen molar-refractivity contribution < 1.29 is 13.5 Å². The molecule has 1 aliphatic rings. The molecule has 2 nitrogen and oxygen atoms in total. The fourth-order valence-electron chi connectivity index (χ4n) is 2.13. The second-order valence-corrected chi connectivity index (χ2v) is 6.04. The normalized spacial score (nSPS) is 23.1. The van der Waals surface area contributed by atoms with E-state index >= 15 is 0 Å². The van der Waals surface area contributed by atoms with Gasteiger partial charge in [0.15, 0.2) is 0 Å². The van der Waals surface area contributed by atoms with E-state index in [0.29, 0.717) is 0 Å². The maximum Gasteiger partial charge on any atom is 0.387 e. The smallest absolute Gasteiger partial charge is 0.387 e. The second-order valence-electron chi connectivity index (χ2n) is 5.01. The third-order valence-electron chi connectivity index (χ3n) is 2.82. The molecule has 18 heavy (non-hydrogen) atoms. The first-order valence-corrected chi connectivity index (χ1v) is 7.02. The first-order chi connectivity index (χ1) is 8.48. The molecule has 1 fully saturated rings. The zero-order valence-electron chi connectivity index (χ0n) is 10.5. The maximum absolute atomic E-state index is 12.4. The van der Waals surface area contributed by atoms with Crippen LogP contribution >= 0.6 is 11.8 Å². The van der Waals surface area contributed by atoms with Crippen LogP contribution in [0.5, 0.6) is 5.75 Å². The van der Waals surface area contributed by atoms with Crippen LogP contribution in [0, 0.1) is 0 Å². The number of benzene rings is 1. The number of hydrogen-bond acceptors (Lipinski definition) is 3. The number of thioether (sulfide) groups is 1. The third kappa shape index (κ3) is 3.36. The summed E-state index contributed by atoms with van der Waals surface area (Å²) in [4.78, 5) is 0. The van der Waals surface area contributed by atoms with Crippen LogP contribution in [0.3, 0.4) is 0 Å². The predicted octanol–water partition coefficient (Wildman–Crippen LogP) is 3.44. The average molecular weight is 273 g/mol. The van der Waals surface area contributed by atoms with Gasteiger partial charge in [0.1, 0.15) is 5.75 Å². The molecule has 0 saturated carbocycles. The fourth-order valence-corrected chi connectivity index (χ4v) is 3.34. The largest absolute Gasteiger partial charge is 0.434 e. The molecule has 100 valence electrons. The summed E-state index contributed by atoms with van der Waals surface area (Å²) in [6, 6.07) is 7.05. The second kappa shape index (κ2) is 5.45. The monoisotopic (exact) mass is 273 g/mol. The standard InChI is InChI=1S/C13H17F2NOS/c1-13(2)8-18-7-10(16-13)9-5-3-4-6-11(9)17-12(14)15/h3-6,10,12,16H,7-8H2,1-2H3. The molecule has 1 saturated heterocycles. The van der Waals surface area contributed by atoms with Gasteiger partial charge < -0.3 is 10.1 Å². The molecule has 1 unspecified atom stereocenters. The van der Waals surface area contributed by atoms with Crippen molar-refractivity contribution in [1.82, 2.24) is 5.32 Å². The van der Waals surface area contributed by atoms with Crippen LogP contribution < -0.4 is 10.1 Å². The Labute approximate surface area is 110 Å². The van der Waals surface area contributed by atoms with Gasteiger partial charge in [0.25, 0.3) is 0 Å². The minimum Gasteiger partial charge on any atom is -0.434 e. The summed E-state index contributed by atoms with van der Waals surface area (Å²) in [5.74, 6) is 2.15. The molecular weight excluding hydrogens is 256 g/mol. The molecule has 1 aliphatic heterocycles. The van der Waals surface area contributed by atoms with Crippen molar-refractivity contribution in [3.8, 4) is 5.75 Å². The van der Waals surface area contributed by atoms with Crippen molar-refractivity contribution >= 4 is 11.8 Å². The van der Waals surface area contributed by atoms with Gasteiger partial charge in [0, 0.05) is 28.6 Å². The number of alkyl halides is 2. The van der Waals surface area contributed by atoms with Crippen molar-refractivity contribution in [3.05, 3.63) is 29.8 Å². The molecule has 0 aromatic heterocycles. The van der Waals surface area contributed by atoms with Crippen LogP contribution in [0.4, 0.5) is 8.78 Å². The Kier molecular flexibility index (Phi) is 4.12. The van der Waals surface area contributed by atoms with E-state index in [1.165, 1.54) is 0 Å².